The Hall–Kier alpha value is -0.820. The predicted octanol–water partition coefficient (Wildman–Crippen LogP) is 6.66. The van der Waals surface area contributed by atoms with Crippen LogP contribution >= 0.6 is 11.6 Å². The lowest BCUT2D eigenvalue weighted by molar-refractivity contribution is 0.171. The van der Waals surface area contributed by atoms with E-state index in [0.29, 0.717) is 11.8 Å². The van der Waals surface area contributed by atoms with Crippen LogP contribution in [-0.2, 0) is 0 Å². The molecular weight excluding hydrogens is 295 g/mol. The Bertz CT molecular complexity index is 477. The van der Waals surface area contributed by atoms with Crippen LogP contribution in [0.3, 0.4) is 0 Å². The summed E-state index contributed by atoms with van der Waals surface area (Å²) < 4.78 is 13.0. The molecule has 0 unspecified atom stereocenters. The zero-order chi connectivity index (χ0) is 15.4. The fraction of sp³-hybridized carbons (Fsp3) is 0.600. The molecule has 0 amide bonds. The summed E-state index contributed by atoms with van der Waals surface area (Å²) in [4.78, 5) is 0. The molecule has 0 radical (unpaired) electrons. The molecule has 2 aliphatic carbocycles. The van der Waals surface area contributed by atoms with E-state index in [0.717, 1.165) is 11.8 Å². The maximum Gasteiger partial charge on any atom is 0.123 e. The molecule has 2 aliphatic rings. The minimum absolute atomic E-state index is 0.125. The summed E-state index contributed by atoms with van der Waals surface area (Å²) in [7, 11) is 0. The first-order chi connectivity index (χ1) is 10.8. The average molecular weight is 321 g/mol. The van der Waals surface area contributed by atoms with E-state index in [1.165, 1.54) is 56.9 Å². The number of hydrogen-bond acceptors (Lipinski definition) is 0. The van der Waals surface area contributed by atoms with Crippen LogP contribution in [-0.4, -0.2) is 0 Å². The van der Waals surface area contributed by atoms with Gasteiger partial charge >= 0.3 is 0 Å². The van der Waals surface area contributed by atoms with Crippen molar-refractivity contribution >= 4 is 11.6 Å². The monoisotopic (exact) mass is 320 g/mol. The molecule has 0 aliphatic heterocycles. The van der Waals surface area contributed by atoms with Gasteiger partial charge in [0.15, 0.2) is 0 Å². The highest BCUT2D eigenvalue weighted by atomic mass is 35.5. The molecule has 1 aromatic rings. The van der Waals surface area contributed by atoms with Crippen LogP contribution in [0.5, 0.6) is 0 Å². The van der Waals surface area contributed by atoms with E-state index in [4.69, 9.17) is 11.6 Å². The van der Waals surface area contributed by atoms with Crippen molar-refractivity contribution in [2.45, 2.75) is 57.3 Å². The average Bonchev–Trinajstić information content (AvgIpc) is 2.57. The first-order valence-corrected chi connectivity index (χ1v) is 9.22. The van der Waals surface area contributed by atoms with Crippen molar-refractivity contribution in [3.63, 3.8) is 0 Å². The van der Waals surface area contributed by atoms with Gasteiger partial charge in [0, 0.05) is 5.54 Å². The van der Waals surface area contributed by atoms with E-state index < -0.39 is 0 Å². The summed E-state index contributed by atoms with van der Waals surface area (Å²) in [6.07, 6.45) is 12.8. The van der Waals surface area contributed by atoms with Gasteiger partial charge in [-0.3, -0.25) is 0 Å². The van der Waals surface area contributed by atoms with Crippen LogP contribution in [0.25, 0.3) is 0 Å². The minimum atomic E-state index is -0.125. The molecule has 22 heavy (non-hydrogen) atoms. The highest BCUT2D eigenvalue weighted by Crippen LogP contribution is 2.44. The maximum absolute atomic E-state index is 13.0. The number of allylic oxidation sites excluding steroid dienone is 1. The van der Waals surface area contributed by atoms with Crippen LogP contribution < -0.4 is 0 Å². The first kappa shape index (κ1) is 16.1. The molecule has 0 atom stereocenters. The Kier molecular flexibility index (Phi) is 5.57. The summed E-state index contributed by atoms with van der Waals surface area (Å²) in [5.41, 5.74) is 3.02. The maximum atomic E-state index is 13.0. The molecule has 2 heteroatoms. The second-order valence-electron chi connectivity index (χ2n) is 7.16. The van der Waals surface area contributed by atoms with E-state index >= 15 is 0 Å². The van der Waals surface area contributed by atoms with Crippen LogP contribution in [0.2, 0.25) is 0 Å². The summed E-state index contributed by atoms with van der Waals surface area (Å²) in [5.74, 6) is 3.07. The lowest BCUT2D eigenvalue weighted by Crippen LogP contribution is -2.25. The Labute approximate surface area is 138 Å². The van der Waals surface area contributed by atoms with Crippen molar-refractivity contribution in [1.29, 1.82) is 0 Å². The quantitative estimate of drug-likeness (QED) is 0.584. The van der Waals surface area contributed by atoms with Crippen LogP contribution in [0.1, 0.15) is 62.8 Å². The smallest absolute Gasteiger partial charge is 0.123 e. The van der Waals surface area contributed by atoms with Gasteiger partial charge in [-0.2, -0.15) is 0 Å². The molecule has 0 N–H and O–H groups in total. The van der Waals surface area contributed by atoms with E-state index in [1.54, 1.807) is 17.7 Å². The van der Waals surface area contributed by atoms with Gasteiger partial charge in [0.05, 0.1) is 0 Å². The van der Waals surface area contributed by atoms with Gasteiger partial charge in [-0.05, 0) is 92.7 Å². The molecule has 2 fully saturated rings. The summed E-state index contributed by atoms with van der Waals surface area (Å²) >= 11 is 5.70. The van der Waals surface area contributed by atoms with Crippen LogP contribution in [0, 0.1) is 23.6 Å². The van der Waals surface area contributed by atoms with Crippen molar-refractivity contribution < 1.29 is 4.39 Å². The van der Waals surface area contributed by atoms with Gasteiger partial charge in [0.25, 0.3) is 0 Å². The fourth-order valence-electron chi connectivity index (χ4n) is 4.57. The molecule has 0 spiro atoms. The van der Waals surface area contributed by atoms with E-state index in [-0.39, 0.29) is 5.82 Å². The Morgan fingerprint density at radius 1 is 0.818 bits per heavy atom. The van der Waals surface area contributed by atoms with Gasteiger partial charge in [0.2, 0.25) is 0 Å². The summed E-state index contributed by atoms with van der Waals surface area (Å²) in [6.45, 7) is 0. The zero-order valence-electron chi connectivity index (χ0n) is 13.2. The SMILES string of the molecule is Fc1ccc(C2CCC([C@H]3CC[C@H](/C=C/Cl)CC3)CC2)cc1. The standard InChI is InChI=1S/C20H26ClF/c21-14-13-15-1-3-16(4-2-15)17-5-7-18(8-6-17)19-9-11-20(22)12-10-19/h9-18H,1-8H2/b14-13+/t15-,16-,17?,18?. The van der Waals surface area contributed by atoms with Gasteiger partial charge in [-0.15, -0.1) is 0 Å². The molecule has 0 aromatic heterocycles. The topological polar surface area (TPSA) is 0 Å². The van der Waals surface area contributed by atoms with Crippen molar-refractivity contribution in [2.75, 3.05) is 0 Å². The van der Waals surface area contributed by atoms with Gasteiger partial charge in [-0.25, -0.2) is 4.39 Å². The number of rotatable bonds is 3. The Morgan fingerprint density at radius 2 is 1.36 bits per heavy atom. The molecule has 3 rings (SSSR count). The third-order valence-electron chi connectivity index (χ3n) is 5.94. The van der Waals surface area contributed by atoms with Crippen LogP contribution in [0.4, 0.5) is 4.39 Å². The molecule has 1 aromatic carbocycles. The molecule has 2 saturated carbocycles. The van der Waals surface area contributed by atoms with Crippen molar-refractivity contribution in [3.05, 3.63) is 47.3 Å². The fourth-order valence-corrected chi connectivity index (χ4v) is 4.78. The third-order valence-corrected chi connectivity index (χ3v) is 6.09. The molecule has 0 bridgehead atoms. The lowest BCUT2D eigenvalue weighted by Gasteiger charge is -2.37. The Morgan fingerprint density at radius 3 is 1.91 bits per heavy atom. The second kappa shape index (κ2) is 7.64. The number of halogens is 2. The largest absolute Gasteiger partial charge is 0.207 e. The lowest BCUT2D eigenvalue weighted by atomic mass is 9.68. The molecule has 0 nitrogen and oxygen atoms in total. The third kappa shape index (κ3) is 3.93. The van der Waals surface area contributed by atoms with Gasteiger partial charge in [0.1, 0.15) is 5.82 Å². The first-order valence-electron chi connectivity index (χ1n) is 8.78. The van der Waals surface area contributed by atoms with E-state index in [9.17, 15) is 4.39 Å². The number of hydrogen-bond donors (Lipinski definition) is 0. The van der Waals surface area contributed by atoms with Crippen molar-refractivity contribution in [1.82, 2.24) is 0 Å². The highest BCUT2D eigenvalue weighted by molar-refractivity contribution is 6.25. The summed E-state index contributed by atoms with van der Waals surface area (Å²) in [5, 5.41) is 0. The number of benzene rings is 1. The zero-order valence-corrected chi connectivity index (χ0v) is 13.9. The van der Waals surface area contributed by atoms with E-state index in [1.807, 2.05) is 12.1 Å². The van der Waals surface area contributed by atoms with Gasteiger partial charge in [-0.1, -0.05) is 29.8 Å². The normalized spacial score (nSPS) is 33.2. The molecule has 0 heterocycles. The predicted molar refractivity (Wildman–Crippen MR) is 91.5 cm³/mol. The van der Waals surface area contributed by atoms with Gasteiger partial charge < -0.3 is 0 Å². The van der Waals surface area contributed by atoms with Crippen LogP contribution in [0.15, 0.2) is 35.9 Å². The minimum Gasteiger partial charge on any atom is -0.207 e. The molecule has 120 valence electrons. The van der Waals surface area contributed by atoms with E-state index in [2.05, 4.69) is 6.08 Å². The molecular formula is C20H26ClF. The second-order valence-corrected chi connectivity index (χ2v) is 7.41. The van der Waals surface area contributed by atoms with Crippen molar-refractivity contribution in [2.24, 2.45) is 17.8 Å². The molecule has 0 saturated heterocycles. The Balaban J connectivity index is 1.49. The summed E-state index contributed by atoms with van der Waals surface area (Å²) in [6, 6.07) is 7.16. The van der Waals surface area contributed by atoms with Crippen molar-refractivity contribution in [3.8, 4) is 0 Å². The highest BCUT2D eigenvalue weighted by Gasteiger charge is 2.30.